The van der Waals surface area contributed by atoms with Crippen LogP contribution in [0, 0.1) is 0 Å². The van der Waals surface area contributed by atoms with Crippen molar-refractivity contribution >= 4 is 15.7 Å². The van der Waals surface area contributed by atoms with E-state index in [0.717, 1.165) is 18.4 Å². The van der Waals surface area contributed by atoms with Crippen molar-refractivity contribution in [3.05, 3.63) is 42.1 Å². The summed E-state index contributed by atoms with van der Waals surface area (Å²) in [6.45, 7) is 0.337. The Morgan fingerprint density at radius 2 is 2.14 bits per heavy atom. The van der Waals surface area contributed by atoms with Crippen molar-refractivity contribution in [1.82, 2.24) is 14.1 Å². The molecular weight excluding hydrogens is 288 g/mol. The van der Waals surface area contributed by atoms with Gasteiger partial charge in [0.05, 0.1) is 6.20 Å². The number of aromatic nitrogens is 2. The SMILES string of the molecule is Cn1nccc1S(=O)(=O)N(Cc1cccc(N)c1)C1CC1. The van der Waals surface area contributed by atoms with Gasteiger partial charge in [-0.1, -0.05) is 12.1 Å². The van der Waals surface area contributed by atoms with Crippen LogP contribution >= 0.6 is 0 Å². The van der Waals surface area contributed by atoms with Crippen LogP contribution in [0.15, 0.2) is 41.6 Å². The standard InChI is InChI=1S/C14H18N4O2S/c1-17-14(7-8-16-17)21(19,20)18(13-5-6-13)10-11-3-2-4-12(15)9-11/h2-4,7-9,13H,5-6,10,15H2,1H3. The number of sulfonamides is 1. The quantitative estimate of drug-likeness (QED) is 0.846. The van der Waals surface area contributed by atoms with Crippen molar-refractivity contribution in [1.29, 1.82) is 0 Å². The molecule has 6 nitrogen and oxygen atoms in total. The maximum absolute atomic E-state index is 12.8. The minimum absolute atomic E-state index is 0.0753. The molecule has 0 aliphatic heterocycles. The fourth-order valence-corrected chi connectivity index (χ4v) is 4.16. The molecular formula is C14H18N4O2S. The first-order valence-electron chi connectivity index (χ1n) is 6.83. The lowest BCUT2D eigenvalue weighted by molar-refractivity contribution is 0.393. The molecule has 2 aromatic rings. The van der Waals surface area contributed by atoms with Crippen LogP contribution in [-0.4, -0.2) is 28.5 Å². The van der Waals surface area contributed by atoms with Crippen LogP contribution in [0.2, 0.25) is 0 Å². The molecule has 1 fully saturated rings. The summed E-state index contributed by atoms with van der Waals surface area (Å²) in [6, 6.07) is 8.95. The second-order valence-corrected chi connectivity index (χ2v) is 7.16. The first-order valence-corrected chi connectivity index (χ1v) is 8.27. The van der Waals surface area contributed by atoms with E-state index in [-0.39, 0.29) is 11.1 Å². The van der Waals surface area contributed by atoms with Gasteiger partial charge in [0, 0.05) is 25.3 Å². The van der Waals surface area contributed by atoms with E-state index in [1.165, 1.54) is 16.9 Å². The summed E-state index contributed by atoms with van der Waals surface area (Å²) in [5.41, 5.74) is 7.31. The number of hydrogen-bond donors (Lipinski definition) is 1. The normalized spacial score (nSPS) is 15.5. The van der Waals surface area contributed by atoms with Gasteiger partial charge in [0.2, 0.25) is 0 Å². The number of nitrogens with two attached hydrogens (primary N) is 1. The number of anilines is 1. The second-order valence-electron chi connectivity index (χ2n) is 5.32. The lowest BCUT2D eigenvalue weighted by atomic mass is 10.2. The summed E-state index contributed by atoms with van der Waals surface area (Å²) in [5, 5.41) is 4.18. The van der Waals surface area contributed by atoms with Crippen LogP contribution in [-0.2, 0) is 23.6 Å². The van der Waals surface area contributed by atoms with Crippen LogP contribution in [0.4, 0.5) is 5.69 Å². The molecule has 112 valence electrons. The monoisotopic (exact) mass is 306 g/mol. The van der Waals surface area contributed by atoms with Gasteiger partial charge in [0.1, 0.15) is 0 Å². The Hall–Kier alpha value is -1.86. The average molecular weight is 306 g/mol. The lowest BCUT2D eigenvalue weighted by Crippen LogP contribution is -2.33. The number of aryl methyl sites for hydroxylation is 1. The summed E-state index contributed by atoms with van der Waals surface area (Å²) in [5.74, 6) is 0. The molecule has 0 spiro atoms. The number of hydrogen-bond acceptors (Lipinski definition) is 4. The highest BCUT2D eigenvalue weighted by Crippen LogP contribution is 2.33. The van der Waals surface area contributed by atoms with Crippen LogP contribution in [0.1, 0.15) is 18.4 Å². The molecule has 1 saturated carbocycles. The third kappa shape index (κ3) is 2.79. The number of nitrogen functional groups attached to an aromatic ring is 1. The highest BCUT2D eigenvalue weighted by atomic mass is 32.2. The number of benzene rings is 1. The third-order valence-corrected chi connectivity index (χ3v) is 5.57. The molecule has 0 unspecified atom stereocenters. The molecule has 0 radical (unpaired) electrons. The maximum atomic E-state index is 12.8. The van der Waals surface area contributed by atoms with E-state index >= 15 is 0 Å². The average Bonchev–Trinajstić information content (AvgIpc) is 3.17. The van der Waals surface area contributed by atoms with Crippen molar-refractivity contribution in [2.45, 2.75) is 30.5 Å². The number of rotatable bonds is 5. The molecule has 3 rings (SSSR count). The lowest BCUT2D eigenvalue weighted by Gasteiger charge is -2.22. The van der Waals surface area contributed by atoms with Gasteiger partial charge in [-0.05, 0) is 36.6 Å². The maximum Gasteiger partial charge on any atom is 0.260 e. The van der Waals surface area contributed by atoms with E-state index < -0.39 is 10.0 Å². The molecule has 1 aliphatic carbocycles. The van der Waals surface area contributed by atoms with E-state index in [1.54, 1.807) is 17.4 Å². The van der Waals surface area contributed by atoms with Gasteiger partial charge >= 0.3 is 0 Å². The molecule has 0 amide bonds. The Kier molecular flexibility index (Phi) is 3.46. The molecule has 7 heteroatoms. The van der Waals surface area contributed by atoms with E-state index in [4.69, 9.17) is 5.73 Å². The first kappa shape index (κ1) is 14.1. The van der Waals surface area contributed by atoms with Crippen molar-refractivity contribution < 1.29 is 8.42 Å². The highest BCUT2D eigenvalue weighted by molar-refractivity contribution is 7.89. The van der Waals surface area contributed by atoms with Crippen LogP contribution in [0.5, 0.6) is 0 Å². The van der Waals surface area contributed by atoms with Crippen LogP contribution in [0.3, 0.4) is 0 Å². The van der Waals surface area contributed by atoms with Crippen molar-refractivity contribution in [3.63, 3.8) is 0 Å². The molecule has 21 heavy (non-hydrogen) atoms. The minimum atomic E-state index is -3.54. The summed E-state index contributed by atoms with van der Waals surface area (Å²) < 4.78 is 28.6. The van der Waals surface area contributed by atoms with Gasteiger partial charge in [-0.25, -0.2) is 8.42 Å². The van der Waals surface area contributed by atoms with Crippen molar-refractivity contribution in [2.24, 2.45) is 7.05 Å². The largest absolute Gasteiger partial charge is 0.399 e. The molecule has 1 aliphatic rings. The van der Waals surface area contributed by atoms with Gasteiger partial charge in [0.25, 0.3) is 10.0 Å². The molecule has 0 saturated heterocycles. The Bertz CT molecular complexity index is 750. The molecule has 1 aromatic carbocycles. The molecule has 1 heterocycles. The smallest absolute Gasteiger partial charge is 0.260 e. The highest BCUT2D eigenvalue weighted by Gasteiger charge is 2.39. The Labute approximate surface area is 124 Å². The zero-order valence-electron chi connectivity index (χ0n) is 11.8. The van der Waals surface area contributed by atoms with E-state index in [1.807, 2.05) is 18.2 Å². The Morgan fingerprint density at radius 1 is 1.38 bits per heavy atom. The van der Waals surface area contributed by atoms with E-state index in [9.17, 15) is 8.42 Å². The van der Waals surface area contributed by atoms with Crippen molar-refractivity contribution in [2.75, 3.05) is 5.73 Å². The van der Waals surface area contributed by atoms with E-state index in [0.29, 0.717) is 12.2 Å². The predicted octanol–water partition coefficient (Wildman–Crippen LogP) is 1.36. The fraction of sp³-hybridized carbons (Fsp3) is 0.357. The first-order chi connectivity index (χ1) is 9.98. The van der Waals surface area contributed by atoms with Crippen LogP contribution < -0.4 is 5.73 Å². The van der Waals surface area contributed by atoms with Gasteiger partial charge in [-0.3, -0.25) is 4.68 Å². The second kappa shape index (κ2) is 5.16. The molecule has 0 atom stereocenters. The zero-order chi connectivity index (χ0) is 15.0. The van der Waals surface area contributed by atoms with Gasteiger partial charge < -0.3 is 5.73 Å². The van der Waals surface area contributed by atoms with Gasteiger partial charge in [-0.15, -0.1) is 0 Å². The minimum Gasteiger partial charge on any atom is -0.399 e. The van der Waals surface area contributed by atoms with Gasteiger partial charge in [0.15, 0.2) is 5.03 Å². The summed E-state index contributed by atoms with van der Waals surface area (Å²) in [4.78, 5) is 0. The molecule has 2 N–H and O–H groups in total. The molecule has 1 aromatic heterocycles. The topological polar surface area (TPSA) is 81.2 Å². The Balaban J connectivity index is 1.94. The number of nitrogens with zero attached hydrogens (tertiary/aromatic N) is 3. The summed E-state index contributed by atoms with van der Waals surface area (Å²) in [6.07, 6.45) is 3.30. The Morgan fingerprint density at radius 3 is 2.71 bits per heavy atom. The predicted molar refractivity (Wildman–Crippen MR) is 79.8 cm³/mol. The third-order valence-electron chi connectivity index (χ3n) is 3.59. The van der Waals surface area contributed by atoms with Crippen LogP contribution in [0.25, 0.3) is 0 Å². The molecule has 0 bridgehead atoms. The van der Waals surface area contributed by atoms with Crippen molar-refractivity contribution in [3.8, 4) is 0 Å². The summed E-state index contributed by atoms with van der Waals surface area (Å²) in [7, 11) is -1.91. The summed E-state index contributed by atoms with van der Waals surface area (Å²) >= 11 is 0. The fourth-order valence-electron chi connectivity index (χ4n) is 2.38. The van der Waals surface area contributed by atoms with Gasteiger partial charge in [-0.2, -0.15) is 9.40 Å². The zero-order valence-corrected chi connectivity index (χ0v) is 12.6. The van der Waals surface area contributed by atoms with E-state index in [2.05, 4.69) is 5.10 Å².